The maximum Gasteiger partial charge on any atom is 0.410 e. The number of carbonyl (C=O) groups excluding carboxylic acids is 2. The van der Waals surface area contributed by atoms with Crippen molar-refractivity contribution in [2.24, 2.45) is 0 Å². The fraction of sp³-hybridized carbons (Fsp3) is 0.533. The highest BCUT2D eigenvalue weighted by molar-refractivity contribution is 5.94. The molecular weight excluding hydrogens is 286 g/mol. The molecule has 2 amide bonds. The second-order valence-electron chi connectivity index (χ2n) is 5.89. The minimum Gasteiger partial charge on any atom is -0.447 e. The molecule has 0 aromatic carbocycles. The Morgan fingerprint density at radius 3 is 2.82 bits per heavy atom. The van der Waals surface area contributed by atoms with Crippen LogP contribution < -0.4 is 5.56 Å². The molecular formula is C15H19N3O4. The first-order valence-electron chi connectivity index (χ1n) is 7.40. The highest BCUT2D eigenvalue weighted by Crippen LogP contribution is 2.32. The molecule has 1 aromatic rings. The van der Waals surface area contributed by atoms with E-state index in [1.165, 1.54) is 0 Å². The number of rotatable bonds is 2. The monoisotopic (exact) mass is 305 g/mol. The lowest BCUT2D eigenvalue weighted by molar-refractivity contribution is 0.0360. The zero-order valence-electron chi connectivity index (χ0n) is 12.7. The van der Waals surface area contributed by atoms with E-state index in [9.17, 15) is 14.4 Å². The van der Waals surface area contributed by atoms with Crippen LogP contribution in [0.4, 0.5) is 4.79 Å². The molecule has 1 aromatic heterocycles. The second-order valence-corrected chi connectivity index (χ2v) is 5.89. The van der Waals surface area contributed by atoms with Gasteiger partial charge in [-0.25, -0.2) is 4.79 Å². The molecule has 2 aliphatic heterocycles. The Morgan fingerprint density at radius 2 is 2.14 bits per heavy atom. The molecule has 0 aliphatic carbocycles. The van der Waals surface area contributed by atoms with Crippen LogP contribution in [0.2, 0.25) is 0 Å². The van der Waals surface area contributed by atoms with Crippen LogP contribution in [0.3, 0.4) is 0 Å². The number of nitrogens with zero attached hydrogens (tertiary/aromatic N) is 2. The van der Waals surface area contributed by atoms with Gasteiger partial charge in [0.15, 0.2) is 0 Å². The Morgan fingerprint density at radius 1 is 1.36 bits per heavy atom. The lowest BCUT2D eigenvalue weighted by Crippen LogP contribution is -2.62. The van der Waals surface area contributed by atoms with Gasteiger partial charge in [-0.05, 0) is 25.5 Å². The molecule has 2 saturated heterocycles. The van der Waals surface area contributed by atoms with E-state index in [-0.39, 0.29) is 29.7 Å². The molecule has 1 unspecified atom stereocenters. The molecule has 2 aliphatic rings. The van der Waals surface area contributed by atoms with Gasteiger partial charge in [0, 0.05) is 25.3 Å². The van der Waals surface area contributed by atoms with Crippen molar-refractivity contribution >= 4 is 12.0 Å². The first-order valence-corrected chi connectivity index (χ1v) is 7.40. The van der Waals surface area contributed by atoms with E-state index in [1.54, 1.807) is 28.9 Å². The third-order valence-corrected chi connectivity index (χ3v) is 4.57. The third-order valence-electron chi connectivity index (χ3n) is 4.57. The number of nitrogens with one attached hydrogen (secondary N) is 1. The minimum absolute atomic E-state index is 0.135. The lowest BCUT2D eigenvalue weighted by atomic mass is 9.92. The average molecular weight is 305 g/mol. The quantitative estimate of drug-likeness (QED) is 0.873. The Kier molecular flexibility index (Phi) is 3.42. The minimum atomic E-state index is -0.470. The molecule has 3 rings (SSSR count). The molecule has 118 valence electrons. The number of H-pyrrole nitrogens is 1. The van der Waals surface area contributed by atoms with Gasteiger partial charge in [0.25, 0.3) is 11.5 Å². The van der Waals surface area contributed by atoms with E-state index in [1.807, 2.05) is 6.92 Å². The number of cyclic esters (lactones) is 1. The van der Waals surface area contributed by atoms with Gasteiger partial charge in [-0.3, -0.25) is 14.5 Å². The summed E-state index contributed by atoms with van der Waals surface area (Å²) in [6.45, 7) is 5.26. The first kappa shape index (κ1) is 14.6. The molecule has 2 fully saturated rings. The average Bonchev–Trinajstić information content (AvgIpc) is 2.84. The van der Waals surface area contributed by atoms with E-state index in [4.69, 9.17) is 4.74 Å². The normalized spacial score (nSPS) is 24.2. The zero-order valence-corrected chi connectivity index (χ0v) is 12.7. The summed E-state index contributed by atoms with van der Waals surface area (Å²) in [5, 5.41) is 0. The van der Waals surface area contributed by atoms with Gasteiger partial charge in [0.2, 0.25) is 0 Å². The van der Waals surface area contributed by atoms with Crippen molar-refractivity contribution in [3.05, 3.63) is 33.7 Å². The number of hydrogen-bond acceptors (Lipinski definition) is 4. The lowest BCUT2D eigenvalue weighted by Gasteiger charge is -2.44. The van der Waals surface area contributed by atoms with Crippen LogP contribution in [-0.4, -0.2) is 58.6 Å². The van der Waals surface area contributed by atoms with Crippen LogP contribution >= 0.6 is 0 Å². The summed E-state index contributed by atoms with van der Waals surface area (Å²) in [6, 6.07) is 3.26. The van der Waals surface area contributed by atoms with Gasteiger partial charge in [0.1, 0.15) is 12.2 Å². The number of aromatic amines is 1. The molecule has 1 N–H and O–H groups in total. The molecule has 0 radical (unpaired) electrons. The van der Waals surface area contributed by atoms with E-state index in [0.29, 0.717) is 31.7 Å². The summed E-state index contributed by atoms with van der Waals surface area (Å²) in [6.07, 6.45) is 0.384. The van der Waals surface area contributed by atoms with Crippen molar-refractivity contribution in [2.45, 2.75) is 25.8 Å². The zero-order chi connectivity index (χ0) is 15.9. The number of amides is 2. The van der Waals surface area contributed by atoms with Crippen LogP contribution in [0, 0.1) is 6.92 Å². The molecule has 7 heteroatoms. The summed E-state index contributed by atoms with van der Waals surface area (Å²) < 4.78 is 5.15. The van der Waals surface area contributed by atoms with Crippen molar-refractivity contribution in [3.63, 3.8) is 0 Å². The van der Waals surface area contributed by atoms with Crippen LogP contribution in [0.15, 0.2) is 16.9 Å². The van der Waals surface area contributed by atoms with E-state index >= 15 is 0 Å². The van der Waals surface area contributed by atoms with E-state index < -0.39 is 5.54 Å². The topological polar surface area (TPSA) is 82.7 Å². The molecule has 1 atom stereocenters. The maximum atomic E-state index is 12.6. The second kappa shape index (κ2) is 5.15. The number of aromatic nitrogens is 1. The smallest absolute Gasteiger partial charge is 0.410 e. The van der Waals surface area contributed by atoms with Crippen LogP contribution in [-0.2, 0) is 4.74 Å². The van der Waals surface area contributed by atoms with Gasteiger partial charge >= 0.3 is 6.09 Å². The van der Waals surface area contributed by atoms with Crippen molar-refractivity contribution in [3.8, 4) is 0 Å². The van der Waals surface area contributed by atoms with Crippen molar-refractivity contribution in [1.29, 1.82) is 0 Å². The standard InChI is InChI=1S/C15H19N3O4/c1-3-15-8-17(6-7-18(15)14(21)22-9-15)13(20)11-5-4-10(2)16-12(11)19/h4-5H,3,6-9H2,1-2H3,(H,16,19). The Balaban J connectivity index is 1.86. The molecule has 3 heterocycles. The van der Waals surface area contributed by atoms with Gasteiger partial charge < -0.3 is 14.6 Å². The van der Waals surface area contributed by atoms with Crippen LogP contribution in [0.5, 0.6) is 0 Å². The number of fused-ring (bicyclic) bond motifs is 1. The number of hydrogen-bond donors (Lipinski definition) is 1. The highest BCUT2D eigenvalue weighted by atomic mass is 16.6. The van der Waals surface area contributed by atoms with Crippen LogP contribution in [0.1, 0.15) is 29.4 Å². The molecule has 0 spiro atoms. The number of carbonyl (C=O) groups is 2. The summed E-state index contributed by atoms with van der Waals surface area (Å²) in [7, 11) is 0. The number of aryl methyl sites for hydroxylation is 1. The predicted molar refractivity (Wildman–Crippen MR) is 78.8 cm³/mol. The largest absolute Gasteiger partial charge is 0.447 e. The van der Waals surface area contributed by atoms with E-state index in [2.05, 4.69) is 4.98 Å². The SMILES string of the molecule is CCC12COC(=O)N1CCN(C(=O)c1ccc(C)[nH]c1=O)C2. The molecule has 22 heavy (non-hydrogen) atoms. The number of pyridine rings is 1. The van der Waals surface area contributed by atoms with Crippen molar-refractivity contribution in [2.75, 3.05) is 26.2 Å². The summed E-state index contributed by atoms with van der Waals surface area (Å²) >= 11 is 0. The van der Waals surface area contributed by atoms with Gasteiger partial charge in [-0.2, -0.15) is 0 Å². The van der Waals surface area contributed by atoms with Crippen molar-refractivity contribution < 1.29 is 14.3 Å². The van der Waals surface area contributed by atoms with Gasteiger partial charge in [0.05, 0.1) is 5.54 Å². The summed E-state index contributed by atoms with van der Waals surface area (Å²) in [5.74, 6) is -0.298. The Bertz CT molecular complexity index is 684. The first-order chi connectivity index (χ1) is 10.5. The summed E-state index contributed by atoms with van der Waals surface area (Å²) in [4.78, 5) is 42.3. The van der Waals surface area contributed by atoms with Crippen LogP contribution in [0.25, 0.3) is 0 Å². The Hall–Kier alpha value is -2.31. The third kappa shape index (κ3) is 2.17. The molecule has 7 nitrogen and oxygen atoms in total. The van der Waals surface area contributed by atoms with Gasteiger partial charge in [-0.15, -0.1) is 0 Å². The molecule has 0 bridgehead atoms. The number of piperazine rings is 1. The number of ether oxygens (including phenoxy) is 1. The maximum absolute atomic E-state index is 12.6. The molecule has 0 saturated carbocycles. The van der Waals surface area contributed by atoms with E-state index in [0.717, 1.165) is 0 Å². The van der Waals surface area contributed by atoms with Crippen molar-refractivity contribution in [1.82, 2.24) is 14.8 Å². The fourth-order valence-electron chi connectivity index (χ4n) is 3.15. The summed E-state index contributed by atoms with van der Waals surface area (Å²) in [5.41, 5.74) is 0.00101. The Labute approximate surface area is 127 Å². The highest BCUT2D eigenvalue weighted by Gasteiger charge is 2.50. The predicted octanol–water partition coefficient (Wildman–Crippen LogP) is 0.740. The fourth-order valence-corrected chi connectivity index (χ4v) is 3.15. The van der Waals surface area contributed by atoms with Gasteiger partial charge in [-0.1, -0.05) is 6.92 Å².